The minimum absolute atomic E-state index is 0.0862. The Morgan fingerprint density at radius 3 is 2.40 bits per heavy atom. The van der Waals surface area contributed by atoms with Crippen LogP contribution in [0.3, 0.4) is 0 Å². The van der Waals surface area contributed by atoms with E-state index in [9.17, 15) is 13.2 Å². The summed E-state index contributed by atoms with van der Waals surface area (Å²) < 4.78 is 23.7. The van der Waals surface area contributed by atoms with Crippen LogP contribution in [0.4, 0.5) is 0 Å². The number of rotatable bonds is 7. The van der Waals surface area contributed by atoms with Gasteiger partial charge < -0.3 is 10.6 Å². The Labute approximate surface area is 90.9 Å². The van der Waals surface area contributed by atoms with E-state index in [1.807, 2.05) is 6.92 Å². The van der Waals surface area contributed by atoms with Gasteiger partial charge in [-0.3, -0.25) is 4.79 Å². The standard InChI is InChI=1S/C8H19N3O3S/c1-4-9-8(12)7(2)10-5-6-11-15(3,13)14/h7,10-11H,4-6H2,1-3H3,(H,9,12). The highest BCUT2D eigenvalue weighted by Gasteiger charge is 2.10. The number of carbonyl (C=O) groups excluding carboxylic acids is 1. The molecule has 0 bridgehead atoms. The van der Waals surface area contributed by atoms with Gasteiger partial charge in [0.25, 0.3) is 0 Å². The van der Waals surface area contributed by atoms with Gasteiger partial charge in [-0.15, -0.1) is 0 Å². The highest BCUT2D eigenvalue weighted by molar-refractivity contribution is 7.88. The van der Waals surface area contributed by atoms with Crippen molar-refractivity contribution >= 4 is 15.9 Å². The van der Waals surface area contributed by atoms with Crippen LogP contribution >= 0.6 is 0 Å². The summed E-state index contributed by atoms with van der Waals surface area (Å²) in [5.41, 5.74) is 0. The van der Waals surface area contributed by atoms with Crippen molar-refractivity contribution in [2.24, 2.45) is 0 Å². The number of carbonyl (C=O) groups is 1. The molecule has 0 saturated carbocycles. The van der Waals surface area contributed by atoms with Crippen molar-refractivity contribution in [3.8, 4) is 0 Å². The zero-order chi connectivity index (χ0) is 11.9. The van der Waals surface area contributed by atoms with Crippen LogP contribution in [-0.2, 0) is 14.8 Å². The molecule has 0 spiro atoms. The SMILES string of the molecule is CCNC(=O)C(C)NCCNS(C)(=O)=O. The maximum atomic E-state index is 11.2. The first-order valence-electron chi connectivity index (χ1n) is 4.82. The molecule has 0 aliphatic carbocycles. The molecule has 0 aliphatic rings. The third kappa shape index (κ3) is 8.34. The van der Waals surface area contributed by atoms with Crippen molar-refractivity contribution in [2.45, 2.75) is 19.9 Å². The van der Waals surface area contributed by atoms with Crippen LogP contribution in [0.2, 0.25) is 0 Å². The predicted octanol–water partition coefficient (Wildman–Crippen LogP) is -1.35. The Morgan fingerprint density at radius 1 is 1.33 bits per heavy atom. The second kappa shape index (κ2) is 6.76. The fourth-order valence-electron chi connectivity index (χ4n) is 0.945. The number of sulfonamides is 1. The minimum atomic E-state index is -3.14. The smallest absolute Gasteiger partial charge is 0.236 e. The normalized spacial score (nSPS) is 13.5. The Morgan fingerprint density at radius 2 is 1.93 bits per heavy atom. The summed E-state index contributed by atoms with van der Waals surface area (Å²) in [4.78, 5) is 11.2. The number of hydrogen-bond donors (Lipinski definition) is 3. The van der Waals surface area contributed by atoms with Gasteiger partial charge in [-0.05, 0) is 13.8 Å². The van der Waals surface area contributed by atoms with Gasteiger partial charge in [0.15, 0.2) is 0 Å². The van der Waals surface area contributed by atoms with Gasteiger partial charge in [0.05, 0.1) is 12.3 Å². The maximum Gasteiger partial charge on any atom is 0.236 e. The predicted molar refractivity (Wildman–Crippen MR) is 59.0 cm³/mol. The molecular formula is C8H19N3O3S. The highest BCUT2D eigenvalue weighted by atomic mass is 32.2. The molecule has 0 heterocycles. The average Bonchev–Trinajstić information content (AvgIpc) is 2.11. The number of hydrogen-bond acceptors (Lipinski definition) is 4. The fraction of sp³-hybridized carbons (Fsp3) is 0.875. The van der Waals surface area contributed by atoms with Crippen molar-refractivity contribution in [3.63, 3.8) is 0 Å². The Bertz CT molecular complexity index is 290. The van der Waals surface area contributed by atoms with Crippen molar-refractivity contribution in [1.82, 2.24) is 15.4 Å². The molecule has 1 unspecified atom stereocenters. The van der Waals surface area contributed by atoms with Gasteiger partial charge in [-0.25, -0.2) is 13.1 Å². The van der Waals surface area contributed by atoms with Crippen LogP contribution in [0, 0.1) is 0 Å². The molecule has 0 rings (SSSR count). The Hall–Kier alpha value is -0.660. The summed E-state index contributed by atoms with van der Waals surface area (Å²) in [5, 5.41) is 5.56. The largest absolute Gasteiger partial charge is 0.355 e. The number of likely N-dealkylation sites (N-methyl/N-ethyl adjacent to an activating group) is 1. The second-order valence-electron chi connectivity index (χ2n) is 3.24. The van der Waals surface area contributed by atoms with E-state index in [0.717, 1.165) is 6.26 Å². The molecule has 0 aromatic rings. The zero-order valence-corrected chi connectivity index (χ0v) is 10.1. The summed E-state index contributed by atoms with van der Waals surface area (Å²) in [6.45, 7) is 4.86. The van der Waals surface area contributed by atoms with Gasteiger partial charge >= 0.3 is 0 Å². The van der Waals surface area contributed by atoms with Crippen molar-refractivity contribution in [1.29, 1.82) is 0 Å². The topological polar surface area (TPSA) is 87.3 Å². The Balaban J connectivity index is 3.64. The maximum absolute atomic E-state index is 11.2. The molecule has 90 valence electrons. The summed E-state index contributed by atoms with van der Waals surface area (Å²) in [5.74, 6) is -0.0862. The average molecular weight is 237 g/mol. The van der Waals surface area contributed by atoms with Crippen molar-refractivity contribution in [2.75, 3.05) is 25.9 Å². The monoisotopic (exact) mass is 237 g/mol. The van der Waals surface area contributed by atoms with Gasteiger partial charge in [0.2, 0.25) is 15.9 Å². The Kier molecular flexibility index (Phi) is 6.46. The van der Waals surface area contributed by atoms with E-state index in [-0.39, 0.29) is 18.5 Å². The van der Waals surface area contributed by atoms with Crippen LogP contribution in [0.5, 0.6) is 0 Å². The lowest BCUT2D eigenvalue weighted by atomic mass is 10.3. The molecule has 0 saturated heterocycles. The lowest BCUT2D eigenvalue weighted by Crippen LogP contribution is -2.44. The van der Waals surface area contributed by atoms with E-state index in [1.165, 1.54) is 0 Å². The van der Waals surface area contributed by atoms with E-state index >= 15 is 0 Å². The molecule has 15 heavy (non-hydrogen) atoms. The van der Waals surface area contributed by atoms with E-state index in [1.54, 1.807) is 6.92 Å². The quantitative estimate of drug-likeness (QED) is 0.478. The molecule has 6 nitrogen and oxygen atoms in total. The molecule has 1 atom stereocenters. The van der Waals surface area contributed by atoms with Crippen molar-refractivity contribution < 1.29 is 13.2 Å². The van der Waals surface area contributed by atoms with Crippen LogP contribution in [0.25, 0.3) is 0 Å². The second-order valence-corrected chi connectivity index (χ2v) is 5.07. The van der Waals surface area contributed by atoms with E-state index in [2.05, 4.69) is 15.4 Å². The first-order valence-corrected chi connectivity index (χ1v) is 6.71. The minimum Gasteiger partial charge on any atom is -0.355 e. The fourth-order valence-corrected chi connectivity index (χ4v) is 1.42. The van der Waals surface area contributed by atoms with Crippen LogP contribution in [0.15, 0.2) is 0 Å². The lowest BCUT2D eigenvalue weighted by Gasteiger charge is -2.12. The van der Waals surface area contributed by atoms with Gasteiger partial charge in [0, 0.05) is 19.6 Å². The zero-order valence-electron chi connectivity index (χ0n) is 9.33. The third-order valence-corrected chi connectivity index (χ3v) is 2.41. The van der Waals surface area contributed by atoms with E-state index in [4.69, 9.17) is 0 Å². The molecule has 0 aromatic carbocycles. The van der Waals surface area contributed by atoms with Crippen LogP contribution < -0.4 is 15.4 Å². The van der Waals surface area contributed by atoms with Gasteiger partial charge in [-0.2, -0.15) is 0 Å². The lowest BCUT2D eigenvalue weighted by molar-refractivity contribution is -0.122. The molecule has 3 N–H and O–H groups in total. The van der Waals surface area contributed by atoms with Gasteiger partial charge in [-0.1, -0.05) is 0 Å². The van der Waals surface area contributed by atoms with E-state index in [0.29, 0.717) is 13.1 Å². The number of nitrogens with one attached hydrogen (secondary N) is 3. The highest BCUT2D eigenvalue weighted by Crippen LogP contribution is 1.80. The molecule has 1 amide bonds. The van der Waals surface area contributed by atoms with E-state index < -0.39 is 10.0 Å². The molecule has 0 fully saturated rings. The van der Waals surface area contributed by atoms with Crippen molar-refractivity contribution in [3.05, 3.63) is 0 Å². The third-order valence-electron chi connectivity index (χ3n) is 1.68. The first kappa shape index (κ1) is 14.3. The summed E-state index contributed by atoms with van der Waals surface area (Å²) in [6, 6.07) is -0.314. The molecule has 0 aromatic heterocycles. The summed E-state index contributed by atoms with van der Waals surface area (Å²) in [6.07, 6.45) is 1.10. The van der Waals surface area contributed by atoms with Crippen LogP contribution in [-0.4, -0.2) is 46.3 Å². The molecule has 0 aliphatic heterocycles. The summed E-state index contributed by atoms with van der Waals surface area (Å²) >= 11 is 0. The van der Waals surface area contributed by atoms with Gasteiger partial charge in [0.1, 0.15) is 0 Å². The molecule has 0 radical (unpaired) electrons. The summed E-state index contributed by atoms with van der Waals surface area (Å²) in [7, 11) is -3.14. The first-order chi connectivity index (χ1) is 6.87. The molecule has 7 heteroatoms. The molecular weight excluding hydrogens is 218 g/mol. The number of amides is 1. The van der Waals surface area contributed by atoms with Crippen LogP contribution in [0.1, 0.15) is 13.8 Å².